The van der Waals surface area contributed by atoms with E-state index in [0.29, 0.717) is 0 Å². The molecule has 10 heavy (non-hydrogen) atoms. The van der Waals surface area contributed by atoms with Gasteiger partial charge in [-0.2, -0.15) is 0 Å². The lowest BCUT2D eigenvalue weighted by molar-refractivity contribution is 0.747. The van der Waals surface area contributed by atoms with E-state index in [-0.39, 0.29) is 0 Å². The van der Waals surface area contributed by atoms with Gasteiger partial charge in [0.2, 0.25) is 0 Å². The first kappa shape index (κ1) is 5.80. The van der Waals surface area contributed by atoms with Crippen molar-refractivity contribution in [2.45, 2.75) is 25.7 Å². The molecule has 1 aromatic rings. The van der Waals surface area contributed by atoms with Gasteiger partial charge in [-0.15, -0.1) is 0 Å². The Kier molecular flexibility index (Phi) is 1.17. The number of aryl methyl sites for hydroxylation is 1. The van der Waals surface area contributed by atoms with Crippen molar-refractivity contribution in [2.75, 3.05) is 0 Å². The van der Waals surface area contributed by atoms with E-state index < -0.39 is 0 Å². The predicted molar refractivity (Wildman–Crippen MR) is 40.9 cm³/mol. The van der Waals surface area contributed by atoms with Gasteiger partial charge in [0.1, 0.15) is 0 Å². The van der Waals surface area contributed by atoms with Gasteiger partial charge in [-0.05, 0) is 42.0 Å². The van der Waals surface area contributed by atoms with Crippen molar-refractivity contribution in [3.63, 3.8) is 0 Å². The van der Waals surface area contributed by atoms with E-state index in [1.807, 2.05) is 0 Å². The lowest BCUT2D eigenvalue weighted by Crippen LogP contribution is -1.82. The summed E-state index contributed by atoms with van der Waals surface area (Å²) in [5, 5.41) is 0. The van der Waals surface area contributed by atoms with E-state index in [0.717, 1.165) is 5.92 Å². The summed E-state index contributed by atoms with van der Waals surface area (Å²) in [4.78, 5) is 0. The smallest absolute Gasteiger partial charge is 0.00775 e. The molecule has 1 unspecified atom stereocenters. The normalized spacial score (nSPS) is 21.9. The molecule has 1 atom stereocenters. The van der Waals surface area contributed by atoms with Gasteiger partial charge in [0.05, 0.1) is 0 Å². The first-order valence-electron chi connectivity index (χ1n) is 3.78. The van der Waals surface area contributed by atoms with Crippen LogP contribution in [-0.4, -0.2) is 0 Å². The third kappa shape index (κ3) is 0.708. The summed E-state index contributed by atoms with van der Waals surface area (Å²) in [5.74, 6) is 0.751. The minimum absolute atomic E-state index is 0.751. The Morgan fingerprint density at radius 2 is 2.20 bits per heavy atom. The second-order valence-electron chi connectivity index (χ2n) is 3.00. The summed E-state index contributed by atoms with van der Waals surface area (Å²) < 4.78 is 0. The molecule has 0 spiro atoms. The molecule has 0 bridgehead atoms. The fourth-order valence-electron chi connectivity index (χ4n) is 1.63. The maximum atomic E-state index is 3.00. The van der Waals surface area contributed by atoms with Gasteiger partial charge in [0, 0.05) is 0 Å². The first-order chi connectivity index (χ1) is 4.88. The van der Waals surface area contributed by atoms with Crippen LogP contribution in [-0.2, 0) is 6.42 Å². The zero-order valence-electron chi connectivity index (χ0n) is 6.15. The average Bonchev–Trinajstić information content (AvgIpc) is 2.34. The standard InChI is InChI=1S/C10H10/c1-8-6-7-9-4-2-3-5-10(8)9/h4-5,8H,6-7H2,1H3. The van der Waals surface area contributed by atoms with Crippen LogP contribution in [0.5, 0.6) is 0 Å². The quantitative estimate of drug-likeness (QED) is 0.505. The Labute approximate surface area is 61.9 Å². The molecule has 0 heteroatoms. The van der Waals surface area contributed by atoms with Crippen molar-refractivity contribution in [3.05, 3.63) is 35.4 Å². The molecule has 0 aliphatic heterocycles. The summed E-state index contributed by atoms with van der Waals surface area (Å²) in [7, 11) is 0. The Morgan fingerprint density at radius 3 is 3.00 bits per heavy atom. The van der Waals surface area contributed by atoms with Crippen molar-refractivity contribution < 1.29 is 0 Å². The highest BCUT2D eigenvalue weighted by molar-refractivity contribution is 5.31. The fourth-order valence-corrected chi connectivity index (χ4v) is 1.63. The van der Waals surface area contributed by atoms with Gasteiger partial charge >= 0.3 is 0 Å². The predicted octanol–water partition coefficient (Wildman–Crippen LogP) is 2.34. The highest BCUT2D eigenvalue weighted by Crippen LogP contribution is 2.30. The second kappa shape index (κ2) is 2.02. The summed E-state index contributed by atoms with van der Waals surface area (Å²) in [6, 6.07) is 10.1. The van der Waals surface area contributed by atoms with Crippen LogP contribution in [0.15, 0.2) is 12.1 Å². The summed E-state index contributed by atoms with van der Waals surface area (Å²) in [5.41, 5.74) is 2.96. The molecule has 0 radical (unpaired) electrons. The zero-order chi connectivity index (χ0) is 6.97. The highest BCUT2D eigenvalue weighted by Gasteiger charge is 2.16. The molecule has 2 rings (SSSR count). The molecule has 0 fully saturated rings. The number of hydrogen-bond donors (Lipinski definition) is 0. The molecule has 0 amide bonds. The van der Waals surface area contributed by atoms with E-state index >= 15 is 0 Å². The van der Waals surface area contributed by atoms with Crippen LogP contribution in [0.2, 0.25) is 0 Å². The SMILES string of the molecule is CC1CCc2cc#ccc21. The molecule has 1 aromatic carbocycles. The molecule has 1 aliphatic carbocycles. The largest absolute Gasteiger partial charge is 0.0699 e. The maximum absolute atomic E-state index is 3.00. The lowest BCUT2D eigenvalue weighted by atomic mass is 10.1. The first-order valence-corrected chi connectivity index (χ1v) is 3.78. The molecular weight excluding hydrogens is 120 g/mol. The van der Waals surface area contributed by atoms with Crippen molar-refractivity contribution in [1.82, 2.24) is 0 Å². The van der Waals surface area contributed by atoms with E-state index in [1.54, 1.807) is 0 Å². The van der Waals surface area contributed by atoms with Gasteiger partial charge in [0.15, 0.2) is 0 Å². The Balaban J connectivity index is 2.51. The van der Waals surface area contributed by atoms with Crippen LogP contribution < -0.4 is 0 Å². The summed E-state index contributed by atoms with van der Waals surface area (Å²) in [6.45, 7) is 2.28. The Morgan fingerprint density at radius 1 is 1.40 bits per heavy atom. The molecule has 0 N–H and O–H groups in total. The molecule has 0 saturated carbocycles. The van der Waals surface area contributed by atoms with Crippen molar-refractivity contribution in [1.29, 1.82) is 0 Å². The molecule has 0 nitrogen and oxygen atoms in total. The second-order valence-corrected chi connectivity index (χ2v) is 3.00. The van der Waals surface area contributed by atoms with Gasteiger partial charge in [-0.25, -0.2) is 0 Å². The van der Waals surface area contributed by atoms with E-state index in [2.05, 4.69) is 31.2 Å². The van der Waals surface area contributed by atoms with Gasteiger partial charge in [0.25, 0.3) is 0 Å². The molecule has 0 aromatic heterocycles. The van der Waals surface area contributed by atoms with Crippen LogP contribution in [0.1, 0.15) is 30.4 Å². The highest BCUT2D eigenvalue weighted by atomic mass is 14.2. The van der Waals surface area contributed by atoms with Gasteiger partial charge in [-0.3, -0.25) is 0 Å². The van der Waals surface area contributed by atoms with E-state index in [4.69, 9.17) is 0 Å². The van der Waals surface area contributed by atoms with E-state index in [1.165, 1.54) is 24.0 Å². The van der Waals surface area contributed by atoms with E-state index in [9.17, 15) is 0 Å². The number of fused-ring (bicyclic) bond motifs is 1. The van der Waals surface area contributed by atoms with Crippen LogP contribution in [0.25, 0.3) is 0 Å². The third-order valence-corrected chi connectivity index (χ3v) is 2.31. The van der Waals surface area contributed by atoms with Crippen LogP contribution >= 0.6 is 0 Å². The van der Waals surface area contributed by atoms with Crippen molar-refractivity contribution >= 4 is 0 Å². The number of rotatable bonds is 0. The molecule has 1 aliphatic rings. The molecular formula is C10H10. The zero-order valence-corrected chi connectivity index (χ0v) is 6.15. The minimum Gasteiger partial charge on any atom is -0.0699 e. The van der Waals surface area contributed by atoms with Crippen molar-refractivity contribution in [2.24, 2.45) is 0 Å². The number of hydrogen-bond acceptors (Lipinski definition) is 0. The van der Waals surface area contributed by atoms with Crippen LogP contribution in [0.4, 0.5) is 0 Å². The summed E-state index contributed by atoms with van der Waals surface area (Å²) >= 11 is 0. The Bertz CT molecular complexity index is 238. The van der Waals surface area contributed by atoms with Gasteiger partial charge in [-0.1, -0.05) is 19.1 Å². The van der Waals surface area contributed by atoms with Gasteiger partial charge < -0.3 is 0 Å². The maximum Gasteiger partial charge on any atom is -0.00775 e. The summed E-state index contributed by atoms with van der Waals surface area (Å²) in [6.07, 6.45) is 2.54. The topological polar surface area (TPSA) is 0 Å². The molecule has 0 saturated heterocycles. The average molecular weight is 130 g/mol. The third-order valence-electron chi connectivity index (χ3n) is 2.31. The Hall–Kier alpha value is -0.960. The van der Waals surface area contributed by atoms with Crippen molar-refractivity contribution in [3.8, 4) is 0 Å². The molecule has 0 heterocycles. The van der Waals surface area contributed by atoms with Crippen LogP contribution in [0.3, 0.4) is 0 Å². The monoisotopic (exact) mass is 130 g/mol. The fraction of sp³-hybridized carbons (Fsp3) is 0.400. The minimum atomic E-state index is 0.751. The van der Waals surface area contributed by atoms with Crippen LogP contribution in [0, 0.1) is 12.1 Å². The lowest BCUT2D eigenvalue weighted by Gasteiger charge is -1.99. The molecule has 50 valence electrons.